The van der Waals surface area contributed by atoms with Crippen molar-refractivity contribution in [2.45, 2.75) is 95.4 Å². The summed E-state index contributed by atoms with van der Waals surface area (Å²) in [6.45, 7) is 6.05. The Morgan fingerprint density at radius 2 is 1.92 bits per heavy atom. The number of nitrogens with two attached hydrogens (primary N) is 1. The molecule has 4 aliphatic rings. The van der Waals surface area contributed by atoms with Crippen molar-refractivity contribution in [1.82, 2.24) is 24.8 Å². The topological polar surface area (TPSA) is 153 Å². The summed E-state index contributed by atoms with van der Waals surface area (Å²) in [5.74, 6) is -2.00. The lowest BCUT2D eigenvalue weighted by Crippen LogP contribution is -2.66. The number of carbonyl (C=O) groups is 1. The fourth-order valence-corrected chi connectivity index (χ4v) is 9.21. The van der Waals surface area contributed by atoms with E-state index in [0.29, 0.717) is 12.8 Å². The number of amides is 1. The van der Waals surface area contributed by atoms with Crippen LogP contribution in [-0.2, 0) is 25.3 Å². The van der Waals surface area contributed by atoms with Gasteiger partial charge in [-0.25, -0.2) is 9.37 Å². The fourth-order valence-electron chi connectivity index (χ4n) is 8.16. The van der Waals surface area contributed by atoms with Gasteiger partial charge in [0.1, 0.15) is 35.1 Å². The number of piperazine rings is 1. The van der Waals surface area contributed by atoms with E-state index in [9.17, 15) is 26.4 Å². The Balaban J connectivity index is 1.37. The molecule has 3 saturated heterocycles. The lowest BCUT2D eigenvalue weighted by atomic mass is 9.97. The largest absolute Gasteiger partial charge is 0.472 e. The van der Waals surface area contributed by atoms with Crippen LogP contribution >= 0.6 is 11.6 Å². The summed E-state index contributed by atoms with van der Waals surface area (Å²) in [6, 6.07) is 0.170. The van der Waals surface area contributed by atoms with Gasteiger partial charge >= 0.3 is 12.2 Å². The highest BCUT2D eigenvalue weighted by Gasteiger charge is 2.54. The third-order valence-corrected chi connectivity index (χ3v) is 12.2. The maximum absolute atomic E-state index is 16.9. The number of rotatable bonds is 9. The second-order valence-corrected chi connectivity index (χ2v) is 16.3. The van der Waals surface area contributed by atoms with Crippen LogP contribution in [0.2, 0.25) is 5.02 Å². The van der Waals surface area contributed by atoms with Crippen LogP contribution in [0.15, 0.2) is 12.1 Å². The van der Waals surface area contributed by atoms with Crippen LogP contribution in [0.1, 0.15) is 58.4 Å². The Morgan fingerprint density at radius 1 is 1.17 bits per heavy atom. The number of nitrogens with zero attached hydrogens (tertiary/aromatic N) is 6. The molecule has 2 N–H and O–H groups in total. The van der Waals surface area contributed by atoms with Gasteiger partial charge in [-0.2, -0.15) is 31.6 Å². The van der Waals surface area contributed by atoms with Crippen molar-refractivity contribution in [3.8, 4) is 23.1 Å². The molecule has 6 heterocycles. The number of aromatic nitrogens is 3. The first-order valence-electron chi connectivity index (χ1n) is 17.6. The summed E-state index contributed by atoms with van der Waals surface area (Å²) >= 11 is 6.06. The number of pyridine rings is 1. The number of halogens is 5. The second-order valence-electron chi connectivity index (χ2n) is 14.0. The third kappa shape index (κ3) is 6.69. The highest BCUT2D eigenvalue weighted by molar-refractivity contribution is 7.86. The highest BCUT2D eigenvalue weighted by atomic mass is 35.5. The van der Waals surface area contributed by atoms with Crippen molar-refractivity contribution in [2.75, 3.05) is 43.1 Å². The molecule has 3 fully saturated rings. The molecule has 0 spiro atoms. The van der Waals surface area contributed by atoms with Gasteiger partial charge in [-0.15, -0.1) is 0 Å². The van der Waals surface area contributed by atoms with E-state index < -0.39 is 80.2 Å². The zero-order valence-corrected chi connectivity index (χ0v) is 31.1. The number of hydrogen-bond acceptors (Lipinski definition) is 12. The summed E-state index contributed by atoms with van der Waals surface area (Å²) in [5.41, 5.74) is 2.64. The monoisotopic (exact) mass is 785 g/mol. The zero-order valence-electron chi connectivity index (χ0n) is 29.5. The van der Waals surface area contributed by atoms with Gasteiger partial charge in [0.2, 0.25) is 5.88 Å². The van der Waals surface area contributed by atoms with Crippen LogP contribution in [0.25, 0.3) is 22.2 Å². The van der Waals surface area contributed by atoms with Gasteiger partial charge in [0.15, 0.2) is 11.9 Å². The molecule has 0 unspecified atom stereocenters. The molecule has 0 saturated carbocycles. The number of ether oxygens (including phenoxy) is 2. The van der Waals surface area contributed by atoms with Crippen LogP contribution in [0.5, 0.6) is 11.9 Å². The molecule has 3 aromatic rings. The molecule has 4 aliphatic heterocycles. The molecule has 6 atom stereocenters. The van der Waals surface area contributed by atoms with Gasteiger partial charge in [0, 0.05) is 29.9 Å². The Bertz CT molecular complexity index is 2060. The Morgan fingerprint density at radius 3 is 2.58 bits per heavy atom. The third-order valence-electron chi connectivity index (χ3n) is 10.7. The number of likely N-dealkylation sites (N-methyl/N-ethyl adjacent to an activating group) is 1. The summed E-state index contributed by atoms with van der Waals surface area (Å²) in [5, 5.41) is -0.710. The van der Waals surface area contributed by atoms with E-state index in [1.165, 1.54) is 6.92 Å². The Hall–Kier alpha value is -3.74. The van der Waals surface area contributed by atoms with E-state index in [4.69, 9.17) is 36.0 Å². The average Bonchev–Trinajstić information content (AvgIpc) is 3.61. The maximum atomic E-state index is 16.9. The Kier molecular flexibility index (Phi) is 9.81. The summed E-state index contributed by atoms with van der Waals surface area (Å²) in [6.07, 6.45) is -4.00. The molecule has 288 valence electrons. The normalized spacial score (nSPS) is 25.0. The van der Waals surface area contributed by atoms with E-state index in [0.717, 1.165) is 31.5 Å². The van der Waals surface area contributed by atoms with Crippen molar-refractivity contribution in [3.63, 3.8) is 0 Å². The minimum absolute atomic E-state index is 0.0254. The van der Waals surface area contributed by atoms with Gasteiger partial charge in [-0.05, 0) is 71.7 Å². The zero-order chi connectivity index (χ0) is 38.1. The van der Waals surface area contributed by atoms with Gasteiger partial charge in [0.05, 0.1) is 28.4 Å². The SMILES string of the molecule is CC[C@@H](OS(=O)(=O)CC)C(=O)N1[C@@H]2CC[C@H]1[C@H]1[C@H](C)Oc3nc(-c4cc(N)cc(Cl)c4C(F)(F)F)c(F)c4nc(OC[C@@H]5CCCN5C)nc(c34)N1C2. The molecule has 1 aromatic carbocycles. The minimum Gasteiger partial charge on any atom is -0.472 e. The van der Waals surface area contributed by atoms with Crippen molar-refractivity contribution >= 4 is 50.0 Å². The molecular weight excluding hydrogens is 746 g/mol. The standard InChI is InChI=1S/C34H40ClF4N7O6S/c1-5-23(52-53(48,49)6-2)32(47)46-18-9-10-22(46)29-16(3)51-31-24-28(26(36)27(41-31)20-12-17(40)13-21(35)25(20)34(37,38)39)42-33(43-30(24)45(29)14-18)50-15-19-8-7-11-44(19)4/h12-13,16,18-19,22-23,29H,5-11,14-15,40H2,1-4H3/t16-,18+,19-,22-,23+,29+/m0/s1. The molecule has 0 aliphatic carbocycles. The van der Waals surface area contributed by atoms with E-state index in [1.807, 2.05) is 11.9 Å². The van der Waals surface area contributed by atoms with Crippen LogP contribution in [0, 0.1) is 5.82 Å². The highest BCUT2D eigenvalue weighted by Crippen LogP contribution is 2.49. The lowest BCUT2D eigenvalue weighted by Gasteiger charge is -2.48. The van der Waals surface area contributed by atoms with Crippen molar-refractivity contribution in [3.05, 3.63) is 28.5 Å². The number of alkyl halides is 3. The smallest absolute Gasteiger partial charge is 0.418 e. The molecule has 2 aromatic heterocycles. The number of anilines is 2. The maximum Gasteiger partial charge on any atom is 0.418 e. The van der Waals surface area contributed by atoms with Crippen LogP contribution in [0.3, 0.4) is 0 Å². The summed E-state index contributed by atoms with van der Waals surface area (Å²) < 4.78 is 103. The molecular formula is C34H40ClF4N7O6S. The molecule has 7 rings (SSSR count). The number of likely N-dealkylation sites (tertiary alicyclic amines) is 1. The Labute approximate surface area is 308 Å². The molecule has 53 heavy (non-hydrogen) atoms. The fraction of sp³-hybridized carbons (Fsp3) is 0.588. The molecule has 2 bridgehead atoms. The summed E-state index contributed by atoms with van der Waals surface area (Å²) in [7, 11) is -1.99. The molecule has 0 radical (unpaired) electrons. The molecule has 19 heteroatoms. The quantitative estimate of drug-likeness (QED) is 0.176. The lowest BCUT2D eigenvalue weighted by molar-refractivity contribution is -0.143. The predicted molar refractivity (Wildman–Crippen MR) is 188 cm³/mol. The summed E-state index contributed by atoms with van der Waals surface area (Å²) in [4.78, 5) is 33.2. The molecule has 1 amide bonds. The van der Waals surface area contributed by atoms with E-state index >= 15 is 4.39 Å². The van der Waals surface area contributed by atoms with Gasteiger partial charge in [-0.1, -0.05) is 18.5 Å². The van der Waals surface area contributed by atoms with Crippen molar-refractivity contribution in [1.29, 1.82) is 0 Å². The van der Waals surface area contributed by atoms with E-state index in [1.54, 1.807) is 18.7 Å². The second kappa shape index (κ2) is 13.8. The van der Waals surface area contributed by atoms with Gasteiger partial charge in [0.25, 0.3) is 16.0 Å². The van der Waals surface area contributed by atoms with Crippen molar-refractivity contribution < 1.29 is 44.4 Å². The van der Waals surface area contributed by atoms with Gasteiger partial charge < -0.3 is 29.9 Å². The number of carbonyl (C=O) groups excluding carboxylic acids is 1. The molecule has 13 nitrogen and oxygen atoms in total. The van der Waals surface area contributed by atoms with Crippen LogP contribution in [-0.4, -0.2) is 108 Å². The first kappa shape index (κ1) is 37.6. The first-order valence-corrected chi connectivity index (χ1v) is 19.6. The number of nitrogen functional groups attached to an aromatic ring is 1. The number of hydrogen-bond donors (Lipinski definition) is 1. The van der Waals surface area contributed by atoms with E-state index in [-0.39, 0.29) is 65.7 Å². The number of fused-ring (bicyclic) bond motifs is 5. The first-order chi connectivity index (χ1) is 25.0. The van der Waals surface area contributed by atoms with E-state index in [2.05, 4.69) is 14.9 Å². The van der Waals surface area contributed by atoms with Crippen LogP contribution in [0.4, 0.5) is 29.1 Å². The van der Waals surface area contributed by atoms with Crippen LogP contribution < -0.4 is 20.1 Å². The van der Waals surface area contributed by atoms with Crippen molar-refractivity contribution in [2.24, 2.45) is 0 Å². The average molecular weight is 786 g/mol. The minimum atomic E-state index is -5.00. The van der Waals surface area contributed by atoms with Gasteiger partial charge in [-0.3, -0.25) is 8.98 Å². The number of benzene rings is 1. The predicted octanol–water partition coefficient (Wildman–Crippen LogP) is 5.03.